The van der Waals surface area contributed by atoms with Crippen LogP contribution in [0.1, 0.15) is 23.7 Å². The van der Waals surface area contributed by atoms with Crippen LogP contribution in [0.5, 0.6) is 0 Å². The summed E-state index contributed by atoms with van der Waals surface area (Å²) in [6.07, 6.45) is 0.0490. The van der Waals surface area contributed by atoms with Gasteiger partial charge in [0.05, 0.1) is 24.3 Å². The third-order valence-corrected chi connectivity index (χ3v) is 2.87. The topological polar surface area (TPSA) is 105 Å². The third-order valence-electron chi connectivity index (χ3n) is 2.38. The second-order valence-electron chi connectivity index (χ2n) is 3.93. The second-order valence-corrected chi connectivity index (χ2v) is 4.85. The van der Waals surface area contributed by atoms with Crippen molar-refractivity contribution in [1.29, 1.82) is 0 Å². The highest BCUT2D eigenvalue weighted by atomic mass is 79.9. The van der Waals surface area contributed by atoms with Gasteiger partial charge < -0.3 is 20.5 Å². The Labute approximate surface area is 129 Å². The summed E-state index contributed by atoms with van der Waals surface area (Å²) in [5.41, 5.74) is 0.129. The van der Waals surface area contributed by atoms with Crippen molar-refractivity contribution in [3.63, 3.8) is 0 Å². The van der Waals surface area contributed by atoms with Crippen LogP contribution in [-0.4, -0.2) is 36.2 Å². The van der Waals surface area contributed by atoms with Crippen LogP contribution in [-0.2, 0) is 9.53 Å². The van der Waals surface area contributed by atoms with Gasteiger partial charge in [-0.25, -0.2) is 9.59 Å². The zero-order valence-corrected chi connectivity index (χ0v) is 12.9. The fourth-order valence-corrected chi connectivity index (χ4v) is 1.84. The van der Waals surface area contributed by atoms with Crippen molar-refractivity contribution in [3.05, 3.63) is 28.2 Å². The fourth-order valence-electron chi connectivity index (χ4n) is 1.48. The summed E-state index contributed by atoms with van der Waals surface area (Å²) < 4.78 is 5.30. The van der Waals surface area contributed by atoms with E-state index in [0.29, 0.717) is 4.47 Å². The van der Waals surface area contributed by atoms with Gasteiger partial charge in [0.2, 0.25) is 0 Å². The molecule has 0 aliphatic carbocycles. The first-order valence-electron chi connectivity index (χ1n) is 6.17. The Hall–Kier alpha value is -2.09. The highest BCUT2D eigenvalue weighted by Crippen LogP contribution is 2.21. The smallest absolute Gasteiger partial charge is 0.337 e. The molecule has 114 valence electrons. The van der Waals surface area contributed by atoms with Crippen molar-refractivity contribution < 1.29 is 24.2 Å². The monoisotopic (exact) mass is 358 g/mol. The van der Waals surface area contributed by atoms with Crippen LogP contribution in [0.2, 0.25) is 0 Å². The van der Waals surface area contributed by atoms with E-state index in [4.69, 9.17) is 9.84 Å². The summed E-state index contributed by atoms with van der Waals surface area (Å²) in [7, 11) is 0. The maximum atomic E-state index is 11.6. The van der Waals surface area contributed by atoms with E-state index in [0.717, 1.165) is 0 Å². The summed E-state index contributed by atoms with van der Waals surface area (Å²) in [4.78, 5) is 33.8. The summed E-state index contributed by atoms with van der Waals surface area (Å²) >= 11 is 3.16. The molecule has 0 aliphatic heterocycles. The van der Waals surface area contributed by atoms with Crippen LogP contribution in [0.4, 0.5) is 10.5 Å². The maximum Gasteiger partial charge on any atom is 0.337 e. The Balaban J connectivity index is 2.55. The maximum absolute atomic E-state index is 11.6. The number of ether oxygens (including phenoxy) is 1. The molecule has 0 saturated carbocycles. The first-order valence-corrected chi connectivity index (χ1v) is 6.96. The highest BCUT2D eigenvalue weighted by Gasteiger charge is 2.13. The number of amides is 2. The molecular weight excluding hydrogens is 344 g/mol. The van der Waals surface area contributed by atoms with E-state index in [9.17, 15) is 14.4 Å². The molecule has 0 atom stereocenters. The van der Waals surface area contributed by atoms with Gasteiger partial charge in [0.25, 0.3) is 0 Å². The number of hydrogen-bond donors (Lipinski definition) is 3. The quantitative estimate of drug-likeness (QED) is 0.676. The predicted octanol–water partition coefficient (Wildman–Crippen LogP) is 2.22. The molecule has 2 amide bonds. The highest BCUT2D eigenvalue weighted by molar-refractivity contribution is 9.10. The minimum Gasteiger partial charge on any atom is -0.478 e. The number of aromatic carboxylic acids is 1. The number of urea groups is 1. The Morgan fingerprint density at radius 1 is 1.33 bits per heavy atom. The van der Waals surface area contributed by atoms with E-state index in [1.165, 1.54) is 12.1 Å². The Morgan fingerprint density at radius 3 is 2.67 bits per heavy atom. The lowest BCUT2D eigenvalue weighted by atomic mass is 10.2. The molecule has 3 N–H and O–H groups in total. The molecule has 0 saturated heterocycles. The number of carboxylic acid groups (broad SMARTS) is 1. The van der Waals surface area contributed by atoms with Gasteiger partial charge in [-0.3, -0.25) is 4.79 Å². The molecule has 7 nitrogen and oxygen atoms in total. The number of carbonyl (C=O) groups is 3. The predicted molar refractivity (Wildman–Crippen MR) is 79.4 cm³/mol. The molecule has 0 unspecified atom stereocenters. The van der Waals surface area contributed by atoms with Crippen molar-refractivity contribution in [2.45, 2.75) is 13.3 Å². The second kappa shape index (κ2) is 8.25. The van der Waals surface area contributed by atoms with Gasteiger partial charge in [-0.15, -0.1) is 0 Å². The van der Waals surface area contributed by atoms with E-state index < -0.39 is 18.0 Å². The van der Waals surface area contributed by atoms with E-state index in [1.54, 1.807) is 13.0 Å². The van der Waals surface area contributed by atoms with Crippen LogP contribution >= 0.6 is 15.9 Å². The molecule has 0 aliphatic rings. The molecule has 21 heavy (non-hydrogen) atoms. The SMILES string of the molecule is CCOC(=O)CCNC(=O)Nc1ccc(Br)cc1C(=O)O. The van der Waals surface area contributed by atoms with Crippen molar-refractivity contribution in [1.82, 2.24) is 5.32 Å². The molecular formula is C13H15BrN2O5. The lowest BCUT2D eigenvalue weighted by Crippen LogP contribution is -2.31. The van der Waals surface area contributed by atoms with E-state index in [1.807, 2.05) is 0 Å². The van der Waals surface area contributed by atoms with Gasteiger partial charge in [-0.05, 0) is 25.1 Å². The lowest BCUT2D eigenvalue weighted by Gasteiger charge is -2.10. The van der Waals surface area contributed by atoms with E-state index >= 15 is 0 Å². The van der Waals surface area contributed by atoms with Crippen LogP contribution in [0.25, 0.3) is 0 Å². The van der Waals surface area contributed by atoms with Crippen molar-refractivity contribution >= 4 is 39.6 Å². The summed E-state index contributed by atoms with van der Waals surface area (Å²) in [6, 6.07) is 3.87. The number of hydrogen-bond acceptors (Lipinski definition) is 4. The van der Waals surface area contributed by atoms with Gasteiger partial charge in [-0.2, -0.15) is 0 Å². The van der Waals surface area contributed by atoms with E-state index in [-0.39, 0.29) is 30.8 Å². The number of esters is 1. The average Bonchev–Trinajstić information content (AvgIpc) is 2.41. The summed E-state index contributed by atoms with van der Waals surface area (Å²) in [6.45, 7) is 2.08. The van der Waals surface area contributed by atoms with Gasteiger partial charge in [0, 0.05) is 11.0 Å². The van der Waals surface area contributed by atoms with Crippen LogP contribution in [0, 0.1) is 0 Å². The first kappa shape index (κ1) is 17.0. The molecule has 0 heterocycles. The summed E-state index contributed by atoms with van der Waals surface area (Å²) in [5, 5.41) is 13.9. The largest absolute Gasteiger partial charge is 0.478 e. The normalized spacial score (nSPS) is 9.81. The van der Waals surface area contributed by atoms with Gasteiger partial charge in [0.1, 0.15) is 0 Å². The molecule has 0 radical (unpaired) electrons. The zero-order valence-electron chi connectivity index (χ0n) is 11.3. The van der Waals surface area contributed by atoms with Crippen molar-refractivity contribution in [3.8, 4) is 0 Å². The average molecular weight is 359 g/mol. The molecule has 0 spiro atoms. The van der Waals surface area contributed by atoms with Crippen LogP contribution < -0.4 is 10.6 Å². The fraction of sp³-hybridized carbons (Fsp3) is 0.308. The van der Waals surface area contributed by atoms with Gasteiger partial charge in [0.15, 0.2) is 0 Å². The number of carbonyl (C=O) groups excluding carboxylic acids is 2. The molecule has 1 rings (SSSR count). The first-order chi connectivity index (χ1) is 9.93. The van der Waals surface area contributed by atoms with Crippen molar-refractivity contribution in [2.24, 2.45) is 0 Å². The molecule has 8 heteroatoms. The molecule has 0 bridgehead atoms. The zero-order chi connectivity index (χ0) is 15.8. The van der Waals surface area contributed by atoms with Gasteiger partial charge >= 0.3 is 18.0 Å². The lowest BCUT2D eigenvalue weighted by molar-refractivity contribution is -0.142. The number of carboxylic acids is 1. The standard InChI is InChI=1S/C13H15BrN2O5/c1-2-21-11(17)5-6-15-13(20)16-10-4-3-8(14)7-9(10)12(18)19/h3-4,7H,2,5-6H2,1H3,(H,18,19)(H2,15,16,20). The van der Waals surface area contributed by atoms with Gasteiger partial charge in [-0.1, -0.05) is 15.9 Å². The van der Waals surface area contributed by atoms with Crippen LogP contribution in [0.15, 0.2) is 22.7 Å². The number of halogens is 1. The Morgan fingerprint density at radius 2 is 2.05 bits per heavy atom. The number of anilines is 1. The molecule has 0 fully saturated rings. The minimum atomic E-state index is -1.15. The molecule has 1 aromatic carbocycles. The number of rotatable bonds is 6. The Kier molecular flexibility index (Phi) is 6.67. The molecule has 0 aromatic heterocycles. The van der Waals surface area contributed by atoms with Crippen LogP contribution in [0.3, 0.4) is 0 Å². The number of nitrogens with one attached hydrogen (secondary N) is 2. The number of benzene rings is 1. The minimum absolute atomic E-state index is 0.0371. The summed E-state index contributed by atoms with van der Waals surface area (Å²) in [5.74, 6) is -1.56. The Bertz CT molecular complexity index is 547. The molecule has 1 aromatic rings. The third kappa shape index (κ3) is 5.82. The van der Waals surface area contributed by atoms with E-state index in [2.05, 4.69) is 26.6 Å². The van der Waals surface area contributed by atoms with Crippen molar-refractivity contribution in [2.75, 3.05) is 18.5 Å².